The molecule has 0 spiro atoms. The Kier molecular flexibility index (Phi) is 5.95. The first-order valence-electron chi connectivity index (χ1n) is 7.48. The van der Waals surface area contributed by atoms with Crippen LogP contribution in [0.15, 0.2) is 34.9 Å². The number of hydrogen-bond donors (Lipinski definition) is 1. The zero-order valence-electron chi connectivity index (χ0n) is 13.9. The standard InChI is InChI=1S/C17H20N2O5/c1-11-10-15(19-24-11)16(20)18-14(17(21)23-3)9-6-12-4-7-13(22-2)8-5-12/h4-5,7-8,10,14H,6,9H2,1-3H3,(H,18,20)/t14-/m0/s1. The first kappa shape index (κ1) is 17.5. The highest BCUT2D eigenvalue weighted by Gasteiger charge is 2.23. The van der Waals surface area contributed by atoms with Gasteiger partial charge in [0.15, 0.2) is 5.69 Å². The predicted molar refractivity (Wildman–Crippen MR) is 85.8 cm³/mol. The number of nitrogens with zero attached hydrogens (tertiary/aromatic N) is 1. The van der Waals surface area contributed by atoms with Crippen molar-refractivity contribution in [1.29, 1.82) is 0 Å². The number of methoxy groups -OCH3 is 2. The topological polar surface area (TPSA) is 90.7 Å². The molecule has 0 aliphatic heterocycles. The molecular weight excluding hydrogens is 312 g/mol. The molecule has 24 heavy (non-hydrogen) atoms. The van der Waals surface area contributed by atoms with Crippen molar-refractivity contribution in [2.75, 3.05) is 14.2 Å². The molecule has 7 nitrogen and oxygen atoms in total. The second-order valence-corrected chi connectivity index (χ2v) is 5.26. The molecule has 0 unspecified atom stereocenters. The smallest absolute Gasteiger partial charge is 0.328 e. The van der Waals surface area contributed by atoms with Gasteiger partial charge in [0.1, 0.15) is 17.6 Å². The largest absolute Gasteiger partial charge is 0.497 e. The van der Waals surface area contributed by atoms with Gasteiger partial charge in [-0.25, -0.2) is 4.79 Å². The van der Waals surface area contributed by atoms with Crippen molar-refractivity contribution in [2.24, 2.45) is 0 Å². The van der Waals surface area contributed by atoms with E-state index < -0.39 is 17.9 Å². The molecule has 2 rings (SSSR count). The molecule has 1 heterocycles. The third kappa shape index (κ3) is 4.58. The molecule has 0 bridgehead atoms. The van der Waals surface area contributed by atoms with Gasteiger partial charge >= 0.3 is 5.97 Å². The maximum absolute atomic E-state index is 12.1. The van der Waals surface area contributed by atoms with Crippen LogP contribution in [0.5, 0.6) is 5.75 Å². The Morgan fingerprint density at radius 2 is 1.96 bits per heavy atom. The van der Waals surface area contributed by atoms with Crippen LogP contribution in [0.2, 0.25) is 0 Å². The third-order valence-corrected chi connectivity index (χ3v) is 3.53. The van der Waals surface area contributed by atoms with E-state index in [1.807, 2.05) is 24.3 Å². The minimum absolute atomic E-state index is 0.130. The zero-order valence-corrected chi connectivity index (χ0v) is 13.9. The molecule has 0 saturated carbocycles. The summed E-state index contributed by atoms with van der Waals surface area (Å²) in [6, 6.07) is 8.26. The van der Waals surface area contributed by atoms with Crippen LogP contribution in [0.25, 0.3) is 0 Å². The van der Waals surface area contributed by atoms with Crippen LogP contribution in [0, 0.1) is 6.92 Å². The first-order valence-corrected chi connectivity index (χ1v) is 7.48. The monoisotopic (exact) mass is 332 g/mol. The van der Waals surface area contributed by atoms with Crippen molar-refractivity contribution in [1.82, 2.24) is 10.5 Å². The summed E-state index contributed by atoms with van der Waals surface area (Å²) >= 11 is 0. The van der Waals surface area contributed by atoms with Crippen molar-refractivity contribution in [3.8, 4) is 5.75 Å². The Morgan fingerprint density at radius 1 is 1.25 bits per heavy atom. The molecule has 1 aromatic heterocycles. The van der Waals surface area contributed by atoms with E-state index in [4.69, 9.17) is 14.0 Å². The Morgan fingerprint density at radius 3 is 2.50 bits per heavy atom. The summed E-state index contributed by atoms with van der Waals surface area (Å²) in [5, 5.41) is 6.27. The lowest BCUT2D eigenvalue weighted by Gasteiger charge is -2.15. The molecule has 0 fully saturated rings. The zero-order chi connectivity index (χ0) is 17.5. The van der Waals surface area contributed by atoms with E-state index in [9.17, 15) is 9.59 Å². The summed E-state index contributed by atoms with van der Waals surface area (Å²) in [6.45, 7) is 1.69. The van der Waals surface area contributed by atoms with E-state index in [0.29, 0.717) is 18.6 Å². The molecule has 0 aliphatic rings. The SMILES string of the molecule is COC(=O)[C@H](CCc1ccc(OC)cc1)NC(=O)c1cc(C)on1. The Balaban J connectivity index is 1.99. The summed E-state index contributed by atoms with van der Waals surface area (Å²) in [5.41, 5.74) is 1.15. The van der Waals surface area contributed by atoms with Gasteiger partial charge in [-0.3, -0.25) is 4.79 Å². The summed E-state index contributed by atoms with van der Waals surface area (Å²) < 4.78 is 14.7. The van der Waals surface area contributed by atoms with E-state index in [2.05, 4.69) is 10.5 Å². The average Bonchev–Trinajstić information content (AvgIpc) is 3.04. The van der Waals surface area contributed by atoms with Crippen molar-refractivity contribution < 1.29 is 23.6 Å². The van der Waals surface area contributed by atoms with Gasteiger partial charge in [0.05, 0.1) is 14.2 Å². The average molecular weight is 332 g/mol. The molecule has 1 N–H and O–H groups in total. The van der Waals surface area contributed by atoms with Crippen LogP contribution >= 0.6 is 0 Å². The number of aryl methyl sites for hydroxylation is 2. The molecule has 128 valence electrons. The molecule has 0 saturated heterocycles. The number of carbonyl (C=O) groups excluding carboxylic acids is 2. The van der Waals surface area contributed by atoms with E-state index in [-0.39, 0.29) is 5.69 Å². The van der Waals surface area contributed by atoms with Crippen LogP contribution in [-0.2, 0) is 16.0 Å². The normalized spacial score (nSPS) is 11.6. The van der Waals surface area contributed by atoms with Crippen LogP contribution in [0.4, 0.5) is 0 Å². The first-order chi connectivity index (χ1) is 11.5. The Labute approximate surface area is 139 Å². The van der Waals surface area contributed by atoms with Crippen molar-refractivity contribution in [3.63, 3.8) is 0 Å². The molecule has 0 radical (unpaired) electrons. The van der Waals surface area contributed by atoms with Crippen molar-refractivity contribution >= 4 is 11.9 Å². The summed E-state index contributed by atoms with van der Waals surface area (Å²) in [4.78, 5) is 24.0. The molecule has 7 heteroatoms. The van der Waals surface area contributed by atoms with Gasteiger partial charge in [-0.05, 0) is 37.5 Å². The van der Waals surface area contributed by atoms with E-state index in [1.54, 1.807) is 14.0 Å². The molecular formula is C17H20N2O5. The predicted octanol–water partition coefficient (Wildman–Crippen LogP) is 1.90. The summed E-state index contributed by atoms with van der Waals surface area (Å²) in [5.74, 6) is 0.306. The number of benzene rings is 1. The minimum Gasteiger partial charge on any atom is -0.497 e. The highest BCUT2D eigenvalue weighted by Crippen LogP contribution is 2.14. The maximum Gasteiger partial charge on any atom is 0.328 e. The van der Waals surface area contributed by atoms with Gasteiger partial charge < -0.3 is 19.3 Å². The summed E-state index contributed by atoms with van der Waals surface area (Å²) in [7, 11) is 2.89. The summed E-state index contributed by atoms with van der Waals surface area (Å²) in [6.07, 6.45) is 1.00. The molecule has 2 aromatic rings. The van der Waals surface area contributed by atoms with Gasteiger partial charge in [0.2, 0.25) is 0 Å². The van der Waals surface area contributed by atoms with Gasteiger partial charge in [-0.2, -0.15) is 0 Å². The van der Waals surface area contributed by atoms with Crippen molar-refractivity contribution in [2.45, 2.75) is 25.8 Å². The second kappa shape index (κ2) is 8.14. The molecule has 0 aliphatic carbocycles. The van der Waals surface area contributed by atoms with Gasteiger partial charge in [0, 0.05) is 6.07 Å². The number of nitrogens with one attached hydrogen (secondary N) is 1. The lowest BCUT2D eigenvalue weighted by Crippen LogP contribution is -2.42. The van der Waals surface area contributed by atoms with E-state index >= 15 is 0 Å². The van der Waals surface area contributed by atoms with Gasteiger partial charge in [-0.1, -0.05) is 17.3 Å². The fourth-order valence-electron chi connectivity index (χ4n) is 2.20. The van der Waals surface area contributed by atoms with Gasteiger partial charge in [0.25, 0.3) is 5.91 Å². The van der Waals surface area contributed by atoms with Crippen LogP contribution < -0.4 is 10.1 Å². The van der Waals surface area contributed by atoms with E-state index in [0.717, 1.165) is 11.3 Å². The molecule has 1 amide bonds. The number of rotatable bonds is 7. The van der Waals surface area contributed by atoms with Crippen LogP contribution in [0.1, 0.15) is 28.2 Å². The van der Waals surface area contributed by atoms with Crippen molar-refractivity contribution in [3.05, 3.63) is 47.3 Å². The number of esters is 1. The lowest BCUT2D eigenvalue weighted by molar-refractivity contribution is -0.143. The molecule has 1 atom stereocenters. The number of hydrogen-bond acceptors (Lipinski definition) is 6. The maximum atomic E-state index is 12.1. The fourth-order valence-corrected chi connectivity index (χ4v) is 2.20. The third-order valence-electron chi connectivity index (χ3n) is 3.53. The number of ether oxygens (including phenoxy) is 2. The highest BCUT2D eigenvalue weighted by atomic mass is 16.5. The quantitative estimate of drug-likeness (QED) is 0.779. The second-order valence-electron chi connectivity index (χ2n) is 5.26. The molecule has 1 aromatic carbocycles. The number of aromatic nitrogens is 1. The van der Waals surface area contributed by atoms with Gasteiger partial charge in [-0.15, -0.1) is 0 Å². The number of carbonyl (C=O) groups is 2. The Bertz CT molecular complexity index is 693. The number of amides is 1. The Hall–Kier alpha value is -2.83. The van der Waals surface area contributed by atoms with Crippen LogP contribution in [0.3, 0.4) is 0 Å². The fraction of sp³-hybridized carbons (Fsp3) is 0.353. The minimum atomic E-state index is -0.762. The highest BCUT2D eigenvalue weighted by molar-refractivity contribution is 5.95. The van der Waals surface area contributed by atoms with Crippen LogP contribution in [-0.4, -0.2) is 37.3 Å². The van der Waals surface area contributed by atoms with E-state index in [1.165, 1.54) is 13.2 Å². The lowest BCUT2D eigenvalue weighted by atomic mass is 10.0.